The van der Waals surface area contributed by atoms with Gasteiger partial charge >= 0.3 is 0 Å². The Hall–Kier alpha value is -2.89. The highest BCUT2D eigenvalue weighted by Crippen LogP contribution is 2.31. The van der Waals surface area contributed by atoms with Gasteiger partial charge in [-0.2, -0.15) is 0 Å². The smallest absolute Gasteiger partial charge is 0.240 e. The summed E-state index contributed by atoms with van der Waals surface area (Å²) in [6.07, 6.45) is 1.43. The third kappa shape index (κ3) is 3.26. The van der Waals surface area contributed by atoms with Crippen molar-refractivity contribution in [3.8, 4) is 11.3 Å². The van der Waals surface area contributed by atoms with Gasteiger partial charge in [-0.15, -0.1) is 0 Å². The van der Waals surface area contributed by atoms with Gasteiger partial charge in [-0.25, -0.2) is 13.1 Å². The van der Waals surface area contributed by atoms with Crippen molar-refractivity contribution in [3.05, 3.63) is 90.0 Å². The summed E-state index contributed by atoms with van der Waals surface area (Å²) < 4.78 is 30.4. The summed E-state index contributed by atoms with van der Waals surface area (Å²) in [5.74, 6) is 0. The fraction of sp³-hybridized carbons (Fsp3) is 0.167. The highest BCUT2D eigenvalue weighted by atomic mass is 32.2. The lowest BCUT2D eigenvalue weighted by molar-refractivity contribution is 0.555. The number of rotatable bonds is 4. The maximum atomic E-state index is 12.7. The molecule has 1 heterocycles. The monoisotopic (exact) mass is 402 g/mol. The number of nitrogens with one attached hydrogen (secondary N) is 1. The van der Waals surface area contributed by atoms with Crippen molar-refractivity contribution >= 4 is 20.9 Å². The van der Waals surface area contributed by atoms with Crippen LogP contribution in [0.15, 0.2) is 83.8 Å². The second-order valence-corrected chi connectivity index (χ2v) is 9.38. The average Bonchev–Trinajstić information content (AvgIpc) is 3.28. The third-order valence-electron chi connectivity index (χ3n) is 5.76. The lowest BCUT2D eigenvalue weighted by Gasteiger charge is -2.12. The molecule has 3 aromatic carbocycles. The van der Waals surface area contributed by atoms with E-state index in [1.165, 1.54) is 27.7 Å². The quantitative estimate of drug-likeness (QED) is 0.554. The number of benzene rings is 3. The van der Waals surface area contributed by atoms with Crippen LogP contribution in [0.3, 0.4) is 0 Å². The van der Waals surface area contributed by atoms with E-state index in [-0.39, 0.29) is 6.04 Å². The topological polar surface area (TPSA) is 51.1 Å². The predicted molar refractivity (Wildman–Crippen MR) is 116 cm³/mol. The average molecular weight is 403 g/mol. The second-order valence-electron chi connectivity index (χ2n) is 7.67. The van der Waals surface area contributed by atoms with Crippen LogP contribution in [0.2, 0.25) is 0 Å². The van der Waals surface area contributed by atoms with Crippen LogP contribution in [0.25, 0.3) is 22.2 Å². The molecule has 29 heavy (non-hydrogen) atoms. The molecule has 0 saturated heterocycles. The summed E-state index contributed by atoms with van der Waals surface area (Å²) in [6.45, 7) is 0. The molecule has 0 aliphatic heterocycles. The first-order valence-electron chi connectivity index (χ1n) is 9.75. The van der Waals surface area contributed by atoms with Crippen LogP contribution in [-0.2, 0) is 29.9 Å². The van der Waals surface area contributed by atoms with Crippen LogP contribution >= 0.6 is 0 Å². The second kappa shape index (κ2) is 6.87. The van der Waals surface area contributed by atoms with Crippen LogP contribution in [0.5, 0.6) is 0 Å². The highest BCUT2D eigenvalue weighted by molar-refractivity contribution is 7.89. The van der Waals surface area contributed by atoms with Crippen LogP contribution in [0.1, 0.15) is 11.1 Å². The van der Waals surface area contributed by atoms with E-state index in [9.17, 15) is 8.42 Å². The molecule has 1 unspecified atom stereocenters. The van der Waals surface area contributed by atoms with Crippen LogP contribution in [0, 0.1) is 0 Å². The third-order valence-corrected chi connectivity index (χ3v) is 7.30. The molecule has 0 radical (unpaired) electrons. The summed E-state index contributed by atoms with van der Waals surface area (Å²) >= 11 is 0. The molecule has 4 nitrogen and oxygen atoms in total. The number of aromatic nitrogens is 1. The first-order valence-corrected chi connectivity index (χ1v) is 11.2. The zero-order valence-corrected chi connectivity index (χ0v) is 17.0. The molecule has 0 fully saturated rings. The summed E-state index contributed by atoms with van der Waals surface area (Å²) in [5, 5.41) is 1.22. The van der Waals surface area contributed by atoms with Crippen LogP contribution in [-0.4, -0.2) is 19.0 Å². The lowest BCUT2D eigenvalue weighted by atomic mass is 10.0. The van der Waals surface area contributed by atoms with E-state index in [2.05, 4.69) is 64.9 Å². The predicted octanol–water partition coefficient (Wildman–Crippen LogP) is 4.29. The van der Waals surface area contributed by atoms with Gasteiger partial charge in [0.25, 0.3) is 0 Å². The molecule has 1 aliphatic carbocycles. The standard InChI is InChI=1S/C24H22N2O2S/c1-26-23-10-6-5-7-18(23)16-24(26)19-12-11-17-14-21(15-20(17)13-19)25-29(27,28)22-8-3-2-4-9-22/h2-13,16,21,25H,14-15H2,1H3. The summed E-state index contributed by atoms with van der Waals surface area (Å²) in [6, 6.07) is 25.5. The Kier molecular flexibility index (Phi) is 4.30. The number of hydrogen-bond acceptors (Lipinski definition) is 2. The Morgan fingerprint density at radius 3 is 2.38 bits per heavy atom. The van der Waals surface area contributed by atoms with Gasteiger partial charge in [0.2, 0.25) is 10.0 Å². The molecule has 1 aromatic heterocycles. The van der Waals surface area contributed by atoms with E-state index in [0.29, 0.717) is 11.3 Å². The molecule has 0 spiro atoms. The Labute approximate surface area is 170 Å². The summed E-state index contributed by atoms with van der Waals surface area (Å²) in [4.78, 5) is 0.312. The maximum Gasteiger partial charge on any atom is 0.240 e. The first-order chi connectivity index (χ1) is 14.0. The van der Waals surface area contributed by atoms with Crippen molar-refractivity contribution in [1.29, 1.82) is 0 Å². The van der Waals surface area contributed by atoms with E-state index in [1.54, 1.807) is 24.3 Å². The van der Waals surface area contributed by atoms with Crippen molar-refractivity contribution in [2.75, 3.05) is 0 Å². The largest absolute Gasteiger partial charge is 0.344 e. The Bertz CT molecular complexity index is 1310. The van der Waals surface area contributed by atoms with Crippen molar-refractivity contribution in [2.45, 2.75) is 23.8 Å². The molecule has 1 aliphatic rings. The SMILES string of the molecule is Cn1c(-c2ccc3c(c2)CC(NS(=O)(=O)c2ccccc2)C3)cc2ccccc21. The number of aryl methyl sites for hydroxylation is 1. The van der Waals surface area contributed by atoms with Gasteiger partial charge in [0.05, 0.1) is 4.90 Å². The van der Waals surface area contributed by atoms with Crippen molar-refractivity contribution in [3.63, 3.8) is 0 Å². The molecule has 146 valence electrons. The minimum Gasteiger partial charge on any atom is -0.344 e. The highest BCUT2D eigenvalue weighted by Gasteiger charge is 2.27. The van der Waals surface area contributed by atoms with Gasteiger partial charge in [-0.05, 0) is 59.9 Å². The Morgan fingerprint density at radius 2 is 1.59 bits per heavy atom. The van der Waals surface area contributed by atoms with E-state index >= 15 is 0 Å². The van der Waals surface area contributed by atoms with E-state index in [4.69, 9.17) is 0 Å². The van der Waals surface area contributed by atoms with Crippen LogP contribution < -0.4 is 4.72 Å². The minimum absolute atomic E-state index is 0.113. The fourth-order valence-electron chi connectivity index (χ4n) is 4.31. The number of fused-ring (bicyclic) bond motifs is 2. The molecule has 1 N–H and O–H groups in total. The molecule has 0 saturated carbocycles. The maximum absolute atomic E-state index is 12.7. The number of sulfonamides is 1. The van der Waals surface area contributed by atoms with E-state index < -0.39 is 10.0 Å². The summed E-state index contributed by atoms with van der Waals surface area (Å²) in [5.41, 5.74) is 5.97. The lowest BCUT2D eigenvalue weighted by Crippen LogP contribution is -2.35. The van der Waals surface area contributed by atoms with E-state index in [1.807, 2.05) is 6.07 Å². The Morgan fingerprint density at radius 1 is 0.862 bits per heavy atom. The molecule has 5 rings (SSSR count). The molecule has 1 atom stereocenters. The zero-order valence-electron chi connectivity index (χ0n) is 16.2. The van der Waals surface area contributed by atoms with Crippen molar-refractivity contribution < 1.29 is 8.42 Å². The van der Waals surface area contributed by atoms with Gasteiger partial charge in [0, 0.05) is 29.7 Å². The Balaban J connectivity index is 1.41. The zero-order chi connectivity index (χ0) is 20.0. The number of nitrogens with zero attached hydrogens (tertiary/aromatic N) is 1. The van der Waals surface area contributed by atoms with Crippen molar-refractivity contribution in [2.24, 2.45) is 7.05 Å². The molecule has 4 aromatic rings. The fourth-order valence-corrected chi connectivity index (χ4v) is 5.57. The van der Waals surface area contributed by atoms with Gasteiger partial charge < -0.3 is 4.57 Å². The van der Waals surface area contributed by atoms with Gasteiger partial charge in [0.15, 0.2) is 0 Å². The first kappa shape index (κ1) is 18.2. The molecular formula is C24H22N2O2S. The van der Waals surface area contributed by atoms with Crippen LogP contribution in [0.4, 0.5) is 0 Å². The molecule has 0 amide bonds. The minimum atomic E-state index is -3.50. The molecule has 5 heteroatoms. The van der Waals surface area contributed by atoms with Gasteiger partial charge in [-0.1, -0.05) is 48.5 Å². The number of hydrogen-bond donors (Lipinski definition) is 1. The number of para-hydroxylation sites is 1. The summed E-state index contributed by atoms with van der Waals surface area (Å²) in [7, 11) is -1.42. The molecule has 0 bridgehead atoms. The van der Waals surface area contributed by atoms with Gasteiger partial charge in [-0.3, -0.25) is 0 Å². The molecular weight excluding hydrogens is 380 g/mol. The van der Waals surface area contributed by atoms with E-state index in [0.717, 1.165) is 12.0 Å². The van der Waals surface area contributed by atoms with Gasteiger partial charge in [0.1, 0.15) is 0 Å². The normalized spacial score (nSPS) is 16.2. The van der Waals surface area contributed by atoms with Crippen molar-refractivity contribution in [1.82, 2.24) is 9.29 Å².